The molecule has 0 bridgehead atoms. The summed E-state index contributed by atoms with van der Waals surface area (Å²) in [6, 6.07) is 0. The van der Waals surface area contributed by atoms with Gasteiger partial charge in [-0.3, -0.25) is 0 Å². The van der Waals surface area contributed by atoms with Crippen LogP contribution in [0.25, 0.3) is 0 Å². The summed E-state index contributed by atoms with van der Waals surface area (Å²) in [5.74, 6) is 0. The van der Waals surface area contributed by atoms with Crippen LogP contribution in [0.15, 0.2) is 0 Å². The summed E-state index contributed by atoms with van der Waals surface area (Å²) in [7, 11) is 2.12. The fourth-order valence-corrected chi connectivity index (χ4v) is 2.08. The maximum Gasteiger partial charge on any atom is 0.0625 e. The molecule has 2 N–H and O–H groups in total. The van der Waals surface area contributed by atoms with E-state index in [0.717, 1.165) is 32.5 Å². The van der Waals surface area contributed by atoms with Crippen LogP contribution < -0.4 is 5.32 Å². The van der Waals surface area contributed by atoms with Gasteiger partial charge >= 0.3 is 0 Å². The van der Waals surface area contributed by atoms with E-state index in [1.54, 1.807) is 0 Å². The molecule has 0 radical (unpaired) electrons. The van der Waals surface area contributed by atoms with Gasteiger partial charge in [0.05, 0.1) is 12.1 Å². The molecular weight excluding hydrogens is 164 g/mol. The van der Waals surface area contributed by atoms with Crippen LogP contribution in [0.5, 0.6) is 0 Å². The quantitative estimate of drug-likeness (QED) is 0.669. The molecule has 1 fully saturated rings. The molecule has 13 heavy (non-hydrogen) atoms. The lowest BCUT2D eigenvalue weighted by molar-refractivity contribution is 0.0805. The molecule has 0 amide bonds. The highest BCUT2D eigenvalue weighted by atomic mass is 16.3. The molecule has 1 heterocycles. The number of aliphatic hydroxyl groups is 1. The van der Waals surface area contributed by atoms with Crippen molar-refractivity contribution in [2.45, 2.75) is 31.7 Å². The van der Waals surface area contributed by atoms with Crippen molar-refractivity contribution < 1.29 is 5.11 Å². The number of hydrogen-bond donors (Lipinski definition) is 2. The van der Waals surface area contributed by atoms with Crippen LogP contribution in [-0.2, 0) is 0 Å². The Morgan fingerprint density at radius 1 is 1.54 bits per heavy atom. The third kappa shape index (κ3) is 2.93. The first-order valence-electron chi connectivity index (χ1n) is 5.27. The van der Waals surface area contributed by atoms with Gasteiger partial charge in [-0.05, 0) is 39.4 Å². The molecule has 1 rings (SSSR count). The van der Waals surface area contributed by atoms with Gasteiger partial charge in [-0.15, -0.1) is 0 Å². The van der Waals surface area contributed by atoms with Gasteiger partial charge in [-0.2, -0.15) is 0 Å². The van der Waals surface area contributed by atoms with Crippen LogP contribution in [0, 0.1) is 0 Å². The van der Waals surface area contributed by atoms with Gasteiger partial charge in [0.15, 0.2) is 0 Å². The number of nitrogens with one attached hydrogen (secondary N) is 1. The molecule has 3 heteroatoms. The summed E-state index contributed by atoms with van der Waals surface area (Å²) in [5, 5.41) is 12.9. The minimum atomic E-state index is -0.0248. The molecule has 0 saturated carbocycles. The molecule has 1 unspecified atom stereocenters. The molecule has 1 saturated heterocycles. The Kier molecular flexibility index (Phi) is 4.16. The Morgan fingerprint density at radius 2 is 2.31 bits per heavy atom. The number of rotatable bonds is 4. The van der Waals surface area contributed by atoms with Crippen molar-refractivity contribution in [3.8, 4) is 0 Å². The van der Waals surface area contributed by atoms with Gasteiger partial charge in [0.1, 0.15) is 0 Å². The minimum absolute atomic E-state index is 0.0248. The highest BCUT2D eigenvalue weighted by Gasteiger charge is 2.32. The Morgan fingerprint density at radius 3 is 2.85 bits per heavy atom. The highest BCUT2D eigenvalue weighted by Crippen LogP contribution is 2.19. The number of piperidine rings is 1. The van der Waals surface area contributed by atoms with E-state index in [-0.39, 0.29) is 12.1 Å². The zero-order chi connectivity index (χ0) is 9.73. The third-order valence-corrected chi connectivity index (χ3v) is 2.82. The van der Waals surface area contributed by atoms with E-state index in [1.165, 1.54) is 6.42 Å². The predicted molar refractivity (Wildman–Crippen MR) is 54.8 cm³/mol. The Balaban J connectivity index is 2.46. The van der Waals surface area contributed by atoms with Gasteiger partial charge in [-0.1, -0.05) is 6.92 Å². The summed E-state index contributed by atoms with van der Waals surface area (Å²) in [4.78, 5) is 2.29. The van der Waals surface area contributed by atoms with Gasteiger partial charge in [-0.25, -0.2) is 0 Å². The van der Waals surface area contributed by atoms with Crippen molar-refractivity contribution in [1.82, 2.24) is 10.2 Å². The summed E-state index contributed by atoms with van der Waals surface area (Å²) >= 11 is 0. The first-order valence-corrected chi connectivity index (χ1v) is 5.27. The van der Waals surface area contributed by atoms with Gasteiger partial charge in [0.2, 0.25) is 0 Å². The Labute approximate surface area is 81.1 Å². The van der Waals surface area contributed by atoms with E-state index in [9.17, 15) is 5.11 Å². The SMILES string of the molecule is CCCNC1(CO)CCCN(C)C1. The fraction of sp³-hybridized carbons (Fsp3) is 1.00. The molecule has 3 nitrogen and oxygen atoms in total. The van der Waals surface area contributed by atoms with E-state index in [0.29, 0.717) is 0 Å². The van der Waals surface area contributed by atoms with Crippen LogP contribution in [0.3, 0.4) is 0 Å². The van der Waals surface area contributed by atoms with Gasteiger partial charge in [0.25, 0.3) is 0 Å². The van der Waals surface area contributed by atoms with Crippen LogP contribution in [0.4, 0.5) is 0 Å². The van der Waals surface area contributed by atoms with E-state index in [2.05, 4.69) is 24.2 Å². The molecule has 0 aromatic rings. The largest absolute Gasteiger partial charge is 0.394 e. The lowest BCUT2D eigenvalue weighted by atomic mass is 9.90. The number of nitrogens with zero attached hydrogens (tertiary/aromatic N) is 1. The molecule has 0 aliphatic carbocycles. The third-order valence-electron chi connectivity index (χ3n) is 2.82. The second-order valence-corrected chi connectivity index (χ2v) is 4.21. The average molecular weight is 186 g/mol. The average Bonchev–Trinajstić information content (AvgIpc) is 2.15. The molecule has 0 aromatic heterocycles. The molecule has 0 spiro atoms. The van der Waals surface area contributed by atoms with Crippen LogP contribution in [0.1, 0.15) is 26.2 Å². The van der Waals surface area contributed by atoms with Crippen molar-refractivity contribution in [1.29, 1.82) is 0 Å². The van der Waals surface area contributed by atoms with E-state index in [1.807, 2.05) is 0 Å². The lowest BCUT2D eigenvalue weighted by Gasteiger charge is -2.41. The van der Waals surface area contributed by atoms with Crippen LogP contribution >= 0.6 is 0 Å². The maximum absolute atomic E-state index is 9.40. The first kappa shape index (κ1) is 11.0. The van der Waals surface area contributed by atoms with Gasteiger partial charge in [0, 0.05) is 6.54 Å². The summed E-state index contributed by atoms with van der Waals surface area (Å²) in [6.45, 7) is 5.56. The van der Waals surface area contributed by atoms with E-state index in [4.69, 9.17) is 0 Å². The standard InChI is InChI=1S/C10H22N2O/c1-3-6-11-10(9-13)5-4-7-12(2)8-10/h11,13H,3-9H2,1-2H3. The molecular formula is C10H22N2O. The Bertz CT molecular complexity index is 152. The topological polar surface area (TPSA) is 35.5 Å². The maximum atomic E-state index is 9.40. The fourth-order valence-electron chi connectivity index (χ4n) is 2.08. The van der Waals surface area contributed by atoms with Crippen molar-refractivity contribution in [3.05, 3.63) is 0 Å². The molecule has 1 atom stereocenters. The summed E-state index contributed by atoms with van der Waals surface area (Å²) < 4.78 is 0. The number of likely N-dealkylation sites (tertiary alicyclic amines) is 1. The number of aliphatic hydroxyl groups excluding tert-OH is 1. The minimum Gasteiger partial charge on any atom is -0.394 e. The van der Waals surface area contributed by atoms with E-state index < -0.39 is 0 Å². The molecule has 78 valence electrons. The molecule has 1 aliphatic heterocycles. The second kappa shape index (κ2) is 4.94. The number of likely N-dealkylation sites (N-methyl/N-ethyl adjacent to an activating group) is 1. The number of hydrogen-bond acceptors (Lipinski definition) is 3. The Hall–Kier alpha value is -0.120. The normalized spacial score (nSPS) is 30.7. The van der Waals surface area contributed by atoms with Crippen molar-refractivity contribution in [3.63, 3.8) is 0 Å². The lowest BCUT2D eigenvalue weighted by Crippen LogP contribution is -2.58. The van der Waals surface area contributed by atoms with Crippen LogP contribution in [-0.4, -0.2) is 48.8 Å². The van der Waals surface area contributed by atoms with Crippen LogP contribution in [0.2, 0.25) is 0 Å². The van der Waals surface area contributed by atoms with E-state index >= 15 is 0 Å². The van der Waals surface area contributed by atoms with Crippen molar-refractivity contribution in [2.75, 3.05) is 33.3 Å². The van der Waals surface area contributed by atoms with Gasteiger partial charge < -0.3 is 15.3 Å². The molecule has 1 aliphatic rings. The molecule has 0 aromatic carbocycles. The second-order valence-electron chi connectivity index (χ2n) is 4.21. The first-order chi connectivity index (χ1) is 6.22. The highest BCUT2D eigenvalue weighted by molar-refractivity contribution is 4.93. The van der Waals surface area contributed by atoms with Crippen molar-refractivity contribution >= 4 is 0 Å². The smallest absolute Gasteiger partial charge is 0.0625 e. The monoisotopic (exact) mass is 186 g/mol. The zero-order valence-corrected chi connectivity index (χ0v) is 8.84. The predicted octanol–water partition coefficient (Wildman–Crippen LogP) is 0.443. The zero-order valence-electron chi connectivity index (χ0n) is 8.84. The summed E-state index contributed by atoms with van der Waals surface area (Å²) in [6.07, 6.45) is 3.42. The van der Waals surface area contributed by atoms with Crippen molar-refractivity contribution in [2.24, 2.45) is 0 Å². The summed E-state index contributed by atoms with van der Waals surface area (Å²) in [5.41, 5.74) is -0.0248.